The number of halogens is 1. The zero-order valence-corrected chi connectivity index (χ0v) is 67.4. The topological polar surface area (TPSA) is 363 Å². The third-order valence-corrected chi connectivity index (χ3v) is 27.9. The molecular weight excluding hydrogens is 1560 g/mol. The number of aromatic nitrogens is 13. The lowest BCUT2D eigenvalue weighted by Gasteiger charge is -2.27. The number of pyridine rings is 1. The molecule has 8 aliphatic rings. The van der Waals surface area contributed by atoms with Gasteiger partial charge in [0.2, 0.25) is 0 Å². The standard InChI is InChI=1S/C25H27BrN6O2.2C22H25N3O3.C21H23N3O3.CH4/c1-13-17-4-5-32(24(17)30-12-29-13)20-10-25(22(34)21(20)33)9-16(28-11-25)6-14-2-3-15-8-18(26)23(27)31-19(15)7-14;2*1-14-17-7-8-25(21(17)24-13-23-14)18-11-22(20(27)19(18)26)10-16(28-12-22)9-15-5-3-2-4-6-15;1-13-15-7-8-24(20(15)23-12-22-13)16-9-21(19(26)18(16)25)10-17(27-11-21)14-5-3-2-4-6-14;/h2-5,7-8,12,16,20-22,28,33-34H,6,9-11H2,1H3,(H2,27,31);2*2-8,13,16,18-20,26-27H,9-12H2,1H3;2-8,12,16-19,25-26H,9-11H2,1H3;1H4/t16-,20-,21+,22+,25+;16-,18+,19-,20-,22-;16-,18-,19+,20+,22+;16-,17-,18+,19+,21-;/m1011./s1. The van der Waals surface area contributed by atoms with Crippen molar-refractivity contribution in [1.82, 2.24) is 68.4 Å². The molecule has 13 heterocycles. The van der Waals surface area contributed by atoms with Crippen molar-refractivity contribution in [3.8, 4) is 0 Å². The van der Waals surface area contributed by atoms with E-state index < -0.39 is 65.1 Å². The van der Waals surface area contributed by atoms with Gasteiger partial charge in [-0.2, -0.15) is 0 Å². The summed E-state index contributed by atoms with van der Waals surface area (Å²) < 4.78 is 27.0. The normalized spacial score (nSPS) is 31.4. The molecule has 8 fully saturated rings. The number of rotatable bonds is 11. The summed E-state index contributed by atoms with van der Waals surface area (Å²) in [5.74, 6) is 0.481. The molecule has 26 nitrogen and oxygen atoms in total. The SMILES string of the molecule is C.Cc1ncnc2c1ccn2[C@@H]1C[C@@]2(CN[C@H](Cc3ccc4cc(Br)c(N)nc4c3)C2)[C@@H](O)[C@H]1O.Cc1ncnc2c1ccn2[C@@H]1C[C@@]2(CO[C@@H](Cc3ccccc3)C2)[C@@H](O)[C@H]1O.Cc1ncnc2c1ccn2[C@@H]1C[C@@]2(CO[C@@H](c3ccccc3)C2)[C@@H](O)[C@H]1O.Cc1ncnc2c1ccn2[C@@H]1C[C@@]2(CO[C@H](Cc3ccccc3)C2)[C@@H](O)[C@H]1O. The Labute approximate surface area is 692 Å². The van der Waals surface area contributed by atoms with Crippen LogP contribution in [0.1, 0.15) is 134 Å². The molecule has 0 unspecified atom stereocenters. The first-order chi connectivity index (χ1) is 56.6. The number of aryl methyl sites for hydroxylation is 4. The first-order valence-corrected chi connectivity index (χ1v) is 41.5. The van der Waals surface area contributed by atoms with Gasteiger partial charge < -0.3 is 84.4 Å². The maximum Gasteiger partial charge on any atom is 0.143 e. The zero-order valence-electron chi connectivity index (χ0n) is 65.8. The fourth-order valence-electron chi connectivity index (χ4n) is 21.0. The minimum Gasteiger partial charge on any atom is -0.390 e. The van der Waals surface area contributed by atoms with Gasteiger partial charge in [-0.3, -0.25) is 0 Å². The van der Waals surface area contributed by atoms with Gasteiger partial charge in [-0.05, 0) is 173 Å². The highest BCUT2D eigenvalue weighted by Crippen LogP contribution is 2.57. The van der Waals surface area contributed by atoms with Crippen molar-refractivity contribution in [2.24, 2.45) is 21.7 Å². The number of hydrogen-bond donors (Lipinski definition) is 10. The van der Waals surface area contributed by atoms with Crippen LogP contribution in [0, 0.1) is 49.4 Å². The fraction of sp³-hybridized carbons (Fsp3) is 0.440. The number of aliphatic hydroxyl groups excluding tert-OH is 8. The Hall–Kier alpha value is -9.43. The van der Waals surface area contributed by atoms with Gasteiger partial charge in [0.15, 0.2) is 0 Å². The number of anilines is 1. The number of nitrogens with one attached hydrogen (secondary N) is 1. The molecule has 13 aromatic rings. The third kappa shape index (κ3) is 14.8. The summed E-state index contributed by atoms with van der Waals surface area (Å²) in [4.78, 5) is 39.2. The molecule has 20 atom stereocenters. The fourth-order valence-corrected chi connectivity index (χ4v) is 21.3. The van der Waals surface area contributed by atoms with Crippen LogP contribution in [-0.2, 0) is 33.5 Å². The summed E-state index contributed by atoms with van der Waals surface area (Å²) in [6, 6.07) is 46.1. The number of aliphatic hydroxyl groups is 8. The highest BCUT2D eigenvalue weighted by atomic mass is 79.9. The van der Waals surface area contributed by atoms with E-state index in [9.17, 15) is 40.9 Å². The van der Waals surface area contributed by atoms with Crippen LogP contribution < -0.4 is 11.1 Å². The molecule has 4 saturated carbocycles. The van der Waals surface area contributed by atoms with Gasteiger partial charge in [0, 0.05) is 86.0 Å². The maximum atomic E-state index is 11.2. The Morgan fingerprint density at radius 1 is 0.415 bits per heavy atom. The monoisotopic (exact) mass is 1660 g/mol. The van der Waals surface area contributed by atoms with E-state index in [4.69, 9.17) is 19.9 Å². The van der Waals surface area contributed by atoms with Crippen LogP contribution in [0.2, 0.25) is 0 Å². The quantitative estimate of drug-likeness (QED) is 0.0575. The molecular formula is C91H104BrN15O11. The smallest absolute Gasteiger partial charge is 0.143 e. The predicted molar refractivity (Wildman–Crippen MR) is 451 cm³/mol. The molecule has 21 rings (SSSR count). The molecule has 27 heteroatoms. The minimum absolute atomic E-state index is 0. The van der Waals surface area contributed by atoms with E-state index in [2.05, 4.69) is 121 Å². The highest BCUT2D eigenvalue weighted by molar-refractivity contribution is 9.10. The molecule has 4 aliphatic heterocycles. The van der Waals surface area contributed by atoms with Crippen LogP contribution in [0.3, 0.4) is 0 Å². The molecule has 4 aromatic carbocycles. The van der Waals surface area contributed by atoms with Gasteiger partial charge in [-0.1, -0.05) is 111 Å². The lowest BCUT2D eigenvalue weighted by Crippen LogP contribution is -2.38. The molecule has 0 radical (unpaired) electrons. The summed E-state index contributed by atoms with van der Waals surface area (Å²) >= 11 is 3.44. The van der Waals surface area contributed by atoms with E-state index >= 15 is 0 Å². The zero-order chi connectivity index (χ0) is 80.8. The maximum absolute atomic E-state index is 11.2. The lowest BCUT2D eigenvalue weighted by atomic mass is 9.80. The Kier molecular flexibility index (Phi) is 22.4. The second-order valence-corrected chi connectivity index (χ2v) is 35.2. The molecule has 4 spiro atoms. The molecule has 118 heavy (non-hydrogen) atoms. The number of nitrogens with two attached hydrogens (primary N) is 1. The largest absolute Gasteiger partial charge is 0.390 e. The van der Waals surface area contributed by atoms with Crippen molar-refractivity contribution < 1.29 is 55.1 Å². The van der Waals surface area contributed by atoms with Gasteiger partial charge in [-0.25, -0.2) is 44.9 Å². The second kappa shape index (κ2) is 32.6. The van der Waals surface area contributed by atoms with Crippen molar-refractivity contribution in [3.63, 3.8) is 0 Å². The van der Waals surface area contributed by atoms with E-state index in [-0.39, 0.29) is 61.4 Å². The number of fused-ring (bicyclic) bond motifs is 5. The van der Waals surface area contributed by atoms with Gasteiger partial charge in [0.1, 0.15) is 78.1 Å². The van der Waals surface area contributed by atoms with Crippen LogP contribution in [0.4, 0.5) is 5.82 Å². The molecule has 4 saturated heterocycles. The predicted octanol–water partition coefficient (Wildman–Crippen LogP) is 10.9. The van der Waals surface area contributed by atoms with E-state index in [1.54, 1.807) is 25.3 Å². The molecule has 0 amide bonds. The Morgan fingerprint density at radius 2 is 0.788 bits per heavy atom. The van der Waals surface area contributed by atoms with E-state index in [0.717, 1.165) is 126 Å². The van der Waals surface area contributed by atoms with Gasteiger partial charge >= 0.3 is 0 Å². The van der Waals surface area contributed by atoms with Crippen LogP contribution in [0.5, 0.6) is 0 Å². The third-order valence-electron chi connectivity index (χ3n) is 27.3. The summed E-state index contributed by atoms with van der Waals surface area (Å²) in [5.41, 5.74) is 16.8. The van der Waals surface area contributed by atoms with Crippen molar-refractivity contribution in [3.05, 3.63) is 239 Å². The molecule has 9 aromatic heterocycles. The Bertz CT molecular complexity index is 5580. The minimum atomic E-state index is -0.853. The van der Waals surface area contributed by atoms with E-state index in [1.807, 2.05) is 156 Å². The second-order valence-electron chi connectivity index (χ2n) is 34.4. The number of benzene rings is 4. The Balaban J connectivity index is 0.000000113. The van der Waals surface area contributed by atoms with Gasteiger partial charge in [0.05, 0.1) is 119 Å². The highest BCUT2D eigenvalue weighted by Gasteiger charge is 2.61. The summed E-state index contributed by atoms with van der Waals surface area (Å²) in [6.07, 6.45) is 15.6. The number of ether oxygens (including phenoxy) is 3. The molecule has 4 aliphatic carbocycles. The van der Waals surface area contributed by atoms with Crippen LogP contribution in [0.25, 0.3) is 55.0 Å². The lowest BCUT2D eigenvalue weighted by molar-refractivity contribution is -0.0309. The van der Waals surface area contributed by atoms with Gasteiger partial charge in [-0.15, -0.1) is 0 Å². The van der Waals surface area contributed by atoms with Crippen LogP contribution in [-0.4, -0.2) is 197 Å². The number of nitrogen functional groups attached to an aromatic ring is 1. The average molecular weight is 1660 g/mol. The van der Waals surface area contributed by atoms with Crippen molar-refractivity contribution in [2.45, 2.75) is 203 Å². The summed E-state index contributed by atoms with van der Waals surface area (Å²) in [5, 5.41) is 96.3. The molecule has 11 N–H and O–H groups in total. The molecule has 0 bridgehead atoms. The van der Waals surface area contributed by atoms with Gasteiger partial charge in [0.25, 0.3) is 0 Å². The first-order valence-electron chi connectivity index (χ1n) is 40.7. The van der Waals surface area contributed by atoms with Crippen molar-refractivity contribution in [1.29, 1.82) is 0 Å². The van der Waals surface area contributed by atoms with Crippen molar-refractivity contribution in [2.75, 3.05) is 32.1 Å². The number of nitrogens with zero attached hydrogens (tertiary/aromatic N) is 13. The Morgan fingerprint density at radius 3 is 1.20 bits per heavy atom. The average Bonchev–Trinajstić information content (AvgIpc) is 1.59. The molecule has 616 valence electrons. The van der Waals surface area contributed by atoms with Crippen LogP contribution >= 0.6 is 15.9 Å². The van der Waals surface area contributed by atoms with Crippen molar-refractivity contribution >= 4 is 76.8 Å². The van der Waals surface area contributed by atoms with E-state index in [0.29, 0.717) is 64.3 Å². The van der Waals surface area contributed by atoms with E-state index in [1.165, 1.54) is 16.7 Å². The summed E-state index contributed by atoms with van der Waals surface area (Å²) in [7, 11) is 0. The first kappa shape index (κ1) is 81.0. The van der Waals surface area contributed by atoms with Crippen LogP contribution in [0.15, 0.2) is 194 Å². The number of hydrogen-bond acceptors (Lipinski definition) is 22. The summed E-state index contributed by atoms with van der Waals surface area (Å²) in [6.45, 7) is 9.89.